The summed E-state index contributed by atoms with van der Waals surface area (Å²) >= 11 is 2.77. The van der Waals surface area contributed by atoms with Crippen LogP contribution in [0.15, 0.2) is 18.2 Å². The van der Waals surface area contributed by atoms with Crippen LogP contribution in [0.4, 0.5) is 26.3 Å². The molecule has 0 aliphatic heterocycles. The number of carbonyl (C=O) groups is 1. The number of benzene rings is 1. The second-order valence-corrected chi connectivity index (χ2v) is 4.24. The summed E-state index contributed by atoms with van der Waals surface area (Å²) in [6.45, 7) is 0. The molecular formula is C11H7BrF6O3. The van der Waals surface area contributed by atoms with Crippen molar-refractivity contribution in [2.45, 2.75) is 19.1 Å². The standard InChI is InChI=1S/C11H7BrF6O3/c12-5-6(19)4-7-8(20-10(13,14)15)2-1-3-9(7)21-11(16,17)18/h1-3H,4-5H2. The number of carbonyl (C=O) groups excluding carboxylic acids is 1. The Bertz CT molecular complexity index is 477. The minimum Gasteiger partial charge on any atom is -0.405 e. The van der Waals surface area contributed by atoms with Crippen LogP contribution in [-0.2, 0) is 11.2 Å². The van der Waals surface area contributed by atoms with E-state index in [0.717, 1.165) is 18.2 Å². The highest BCUT2D eigenvalue weighted by Gasteiger charge is 2.36. The molecule has 1 aromatic rings. The van der Waals surface area contributed by atoms with Crippen LogP contribution < -0.4 is 9.47 Å². The van der Waals surface area contributed by atoms with Crippen molar-refractivity contribution < 1.29 is 40.6 Å². The molecule has 0 radical (unpaired) electrons. The topological polar surface area (TPSA) is 35.5 Å². The number of hydrogen-bond acceptors (Lipinski definition) is 3. The average molecular weight is 381 g/mol. The van der Waals surface area contributed by atoms with Gasteiger partial charge in [-0.2, -0.15) is 0 Å². The van der Waals surface area contributed by atoms with Crippen molar-refractivity contribution in [2.24, 2.45) is 0 Å². The van der Waals surface area contributed by atoms with E-state index < -0.39 is 42.0 Å². The van der Waals surface area contributed by atoms with Gasteiger partial charge in [-0.1, -0.05) is 22.0 Å². The smallest absolute Gasteiger partial charge is 0.405 e. The first-order chi connectivity index (χ1) is 9.52. The van der Waals surface area contributed by atoms with Crippen molar-refractivity contribution in [2.75, 3.05) is 5.33 Å². The Morgan fingerprint density at radius 2 is 1.43 bits per heavy atom. The zero-order valence-electron chi connectivity index (χ0n) is 10.0. The van der Waals surface area contributed by atoms with Crippen LogP contribution in [0.25, 0.3) is 0 Å². The van der Waals surface area contributed by atoms with Crippen LogP contribution in [-0.4, -0.2) is 23.8 Å². The molecule has 0 aliphatic carbocycles. The summed E-state index contributed by atoms with van der Waals surface area (Å²) in [5.74, 6) is -2.47. The second-order valence-electron chi connectivity index (χ2n) is 3.68. The van der Waals surface area contributed by atoms with Gasteiger partial charge in [-0.3, -0.25) is 4.79 Å². The molecule has 0 fully saturated rings. The van der Waals surface area contributed by atoms with Crippen molar-refractivity contribution >= 4 is 21.7 Å². The third-order valence-electron chi connectivity index (χ3n) is 2.06. The quantitative estimate of drug-likeness (QED) is 0.572. The fourth-order valence-electron chi connectivity index (χ4n) is 1.40. The third kappa shape index (κ3) is 6.23. The number of rotatable bonds is 5. The molecule has 0 aliphatic rings. The molecule has 3 nitrogen and oxygen atoms in total. The Morgan fingerprint density at radius 1 is 1.00 bits per heavy atom. The molecule has 0 spiro atoms. The zero-order chi connectivity index (χ0) is 16.3. The van der Waals surface area contributed by atoms with Gasteiger partial charge in [0, 0.05) is 12.0 Å². The zero-order valence-corrected chi connectivity index (χ0v) is 11.6. The predicted octanol–water partition coefficient (Wildman–Crippen LogP) is 3.99. The first kappa shape index (κ1) is 17.6. The van der Waals surface area contributed by atoms with Crippen LogP contribution in [0.3, 0.4) is 0 Å². The van der Waals surface area contributed by atoms with Crippen LogP contribution >= 0.6 is 15.9 Å². The Morgan fingerprint density at radius 3 is 1.76 bits per heavy atom. The Hall–Kier alpha value is -1.45. The number of hydrogen-bond donors (Lipinski definition) is 0. The minimum atomic E-state index is -5.11. The van der Waals surface area contributed by atoms with Crippen molar-refractivity contribution in [1.29, 1.82) is 0 Å². The molecule has 0 aromatic heterocycles. The van der Waals surface area contributed by atoms with Crippen LogP contribution in [0.5, 0.6) is 11.5 Å². The van der Waals surface area contributed by atoms with Gasteiger partial charge in [-0.15, -0.1) is 26.3 Å². The largest absolute Gasteiger partial charge is 0.573 e. The molecule has 0 saturated heterocycles. The van der Waals surface area contributed by atoms with E-state index in [-0.39, 0.29) is 5.33 Å². The lowest BCUT2D eigenvalue weighted by atomic mass is 10.1. The molecule has 0 unspecified atom stereocenters. The van der Waals surface area contributed by atoms with E-state index in [9.17, 15) is 31.1 Å². The number of halogens is 7. The predicted molar refractivity (Wildman–Crippen MR) is 62.3 cm³/mol. The normalized spacial score (nSPS) is 12.1. The van der Waals surface area contributed by atoms with Gasteiger partial charge in [-0.25, -0.2) is 0 Å². The average Bonchev–Trinajstić information content (AvgIpc) is 2.29. The number of ether oxygens (including phenoxy) is 2. The SMILES string of the molecule is O=C(CBr)Cc1c(OC(F)(F)F)cccc1OC(F)(F)F. The molecule has 118 valence electrons. The fourth-order valence-corrected chi connectivity index (χ4v) is 1.60. The molecule has 0 atom stereocenters. The molecule has 1 rings (SSSR count). The molecule has 10 heteroatoms. The van der Waals surface area contributed by atoms with Gasteiger partial charge in [0.25, 0.3) is 0 Å². The highest BCUT2D eigenvalue weighted by atomic mass is 79.9. The maximum Gasteiger partial charge on any atom is 0.573 e. The number of Topliss-reactive ketones (excluding diaryl/α,β-unsaturated/α-hetero) is 1. The lowest BCUT2D eigenvalue weighted by molar-refractivity contribution is -0.277. The van der Waals surface area contributed by atoms with Crippen molar-refractivity contribution in [3.8, 4) is 11.5 Å². The summed E-state index contributed by atoms with van der Waals surface area (Å²) in [4.78, 5) is 11.3. The third-order valence-corrected chi connectivity index (χ3v) is 2.69. The summed E-state index contributed by atoms with van der Waals surface area (Å²) in [7, 11) is 0. The first-order valence-electron chi connectivity index (χ1n) is 5.23. The number of alkyl halides is 7. The van der Waals surface area contributed by atoms with Gasteiger partial charge in [0.05, 0.1) is 5.33 Å². The van der Waals surface area contributed by atoms with E-state index in [0.29, 0.717) is 0 Å². The lowest BCUT2D eigenvalue weighted by Crippen LogP contribution is -2.21. The van der Waals surface area contributed by atoms with E-state index in [1.54, 1.807) is 0 Å². The van der Waals surface area contributed by atoms with Crippen molar-refractivity contribution in [1.82, 2.24) is 0 Å². The Labute approximate surface area is 123 Å². The van der Waals surface area contributed by atoms with Gasteiger partial charge < -0.3 is 9.47 Å². The van der Waals surface area contributed by atoms with Crippen molar-refractivity contribution in [3.05, 3.63) is 23.8 Å². The molecule has 21 heavy (non-hydrogen) atoms. The van der Waals surface area contributed by atoms with Gasteiger partial charge in [-0.05, 0) is 12.1 Å². The maximum absolute atomic E-state index is 12.2. The van der Waals surface area contributed by atoms with Gasteiger partial charge in [0.2, 0.25) is 0 Å². The minimum absolute atomic E-state index is 0.237. The molecule has 0 bridgehead atoms. The van der Waals surface area contributed by atoms with Gasteiger partial charge in [0.1, 0.15) is 17.3 Å². The maximum atomic E-state index is 12.2. The van der Waals surface area contributed by atoms with E-state index in [4.69, 9.17) is 0 Å². The second kappa shape index (κ2) is 6.54. The van der Waals surface area contributed by atoms with E-state index in [1.165, 1.54) is 0 Å². The number of ketones is 1. The lowest BCUT2D eigenvalue weighted by Gasteiger charge is -2.17. The van der Waals surface area contributed by atoms with Crippen LogP contribution in [0.1, 0.15) is 5.56 Å². The van der Waals surface area contributed by atoms with Gasteiger partial charge in [0.15, 0.2) is 0 Å². The summed E-state index contributed by atoms with van der Waals surface area (Å²) in [5, 5.41) is -0.237. The summed E-state index contributed by atoms with van der Waals surface area (Å²) in [6, 6.07) is 2.49. The van der Waals surface area contributed by atoms with E-state index in [2.05, 4.69) is 25.4 Å². The molecule has 0 saturated carbocycles. The van der Waals surface area contributed by atoms with Gasteiger partial charge >= 0.3 is 12.7 Å². The highest BCUT2D eigenvalue weighted by Crippen LogP contribution is 2.35. The molecule has 0 amide bonds. The van der Waals surface area contributed by atoms with E-state index >= 15 is 0 Å². The molecule has 0 N–H and O–H groups in total. The van der Waals surface area contributed by atoms with Crippen molar-refractivity contribution in [3.63, 3.8) is 0 Å². The van der Waals surface area contributed by atoms with Crippen LogP contribution in [0, 0.1) is 0 Å². The fraction of sp³-hybridized carbons (Fsp3) is 0.364. The monoisotopic (exact) mass is 380 g/mol. The summed E-state index contributed by atoms with van der Waals surface area (Å²) < 4.78 is 80.6. The van der Waals surface area contributed by atoms with Crippen LogP contribution in [0.2, 0.25) is 0 Å². The summed E-state index contributed by atoms with van der Waals surface area (Å²) in [6.07, 6.45) is -10.9. The summed E-state index contributed by atoms with van der Waals surface area (Å²) in [5.41, 5.74) is -0.628. The molecule has 1 aromatic carbocycles. The molecule has 0 heterocycles. The Balaban J connectivity index is 3.23. The van der Waals surface area contributed by atoms with E-state index in [1.807, 2.05) is 0 Å². The molecular weight excluding hydrogens is 374 g/mol. The first-order valence-corrected chi connectivity index (χ1v) is 6.35. The highest BCUT2D eigenvalue weighted by molar-refractivity contribution is 9.09. The Kier molecular flexibility index (Phi) is 5.48.